The standard InChI is InChI=1S/C58H36O2/c1-3-17-37-35(15-1)39(49-25-13-27-51-41-19-9-11-29-53(41)59-57(49)51)31-33-47(37)55-43-21-5-7-23-45(43)56(46-24-8-6-22-44(46)55)48-34-32-40(36-16-2-4-18-38(36)48)50-26-14-28-52-42-20-10-12-30-54(42)60-58(50)52/h1-7,9-23,25-34H,8,24H2. The summed E-state index contributed by atoms with van der Waals surface area (Å²) in [6.45, 7) is 0. The van der Waals surface area contributed by atoms with E-state index in [2.05, 4.69) is 182 Å². The van der Waals surface area contributed by atoms with Crippen molar-refractivity contribution in [1.29, 1.82) is 0 Å². The van der Waals surface area contributed by atoms with Crippen LogP contribution in [0.1, 0.15) is 17.5 Å². The minimum absolute atomic E-state index is 0.914. The van der Waals surface area contributed by atoms with Gasteiger partial charge in [0.05, 0.1) is 0 Å². The van der Waals surface area contributed by atoms with E-state index < -0.39 is 0 Å². The van der Waals surface area contributed by atoms with Crippen molar-refractivity contribution in [3.8, 4) is 44.5 Å². The Morgan fingerprint density at radius 2 is 0.700 bits per heavy atom. The predicted octanol–water partition coefficient (Wildman–Crippen LogP) is 16.6. The van der Waals surface area contributed by atoms with Crippen molar-refractivity contribution in [3.63, 3.8) is 0 Å². The normalized spacial score (nSPS) is 12.8. The van der Waals surface area contributed by atoms with E-state index >= 15 is 0 Å². The van der Waals surface area contributed by atoms with Gasteiger partial charge in [-0.3, -0.25) is 0 Å². The third-order valence-electron chi connectivity index (χ3n) is 13.0. The molecular weight excluding hydrogens is 729 g/mol. The molecule has 0 saturated heterocycles. The number of rotatable bonds is 4. The first kappa shape index (κ1) is 33.3. The van der Waals surface area contributed by atoms with E-state index in [1.165, 1.54) is 76.8 Å². The molecule has 280 valence electrons. The average molecular weight is 765 g/mol. The highest BCUT2D eigenvalue weighted by atomic mass is 16.3. The molecular formula is C58H36O2. The maximum Gasteiger partial charge on any atom is 0.143 e. The summed E-state index contributed by atoms with van der Waals surface area (Å²) in [4.78, 5) is 0. The zero-order valence-corrected chi connectivity index (χ0v) is 32.7. The van der Waals surface area contributed by atoms with Gasteiger partial charge >= 0.3 is 0 Å². The van der Waals surface area contributed by atoms with E-state index in [-0.39, 0.29) is 0 Å². The lowest BCUT2D eigenvalue weighted by Gasteiger charge is -2.25. The molecule has 0 saturated carbocycles. The van der Waals surface area contributed by atoms with Gasteiger partial charge < -0.3 is 8.83 Å². The Bertz CT molecular complexity index is 3780. The Kier molecular flexibility index (Phi) is 7.17. The number of benzene rings is 10. The predicted molar refractivity (Wildman–Crippen MR) is 253 cm³/mol. The molecule has 0 aliphatic heterocycles. The molecule has 0 atom stereocenters. The summed E-state index contributed by atoms with van der Waals surface area (Å²) in [5.41, 5.74) is 16.1. The van der Waals surface area contributed by atoms with Crippen LogP contribution in [-0.2, 0) is 6.42 Å². The molecule has 0 fully saturated rings. The number of fused-ring (bicyclic) bond motifs is 10. The van der Waals surface area contributed by atoms with Gasteiger partial charge in [0.15, 0.2) is 0 Å². The highest BCUT2D eigenvalue weighted by molar-refractivity contribution is 6.20. The van der Waals surface area contributed by atoms with Crippen LogP contribution in [0.25, 0.3) is 127 Å². The molecule has 0 spiro atoms. The fraction of sp³-hybridized carbons (Fsp3) is 0.0345. The van der Waals surface area contributed by atoms with Crippen LogP contribution < -0.4 is 0 Å². The second-order valence-electron chi connectivity index (χ2n) is 16.1. The van der Waals surface area contributed by atoms with Gasteiger partial charge in [0.25, 0.3) is 0 Å². The van der Waals surface area contributed by atoms with Crippen molar-refractivity contribution in [2.75, 3.05) is 0 Å². The number of hydrogen-bond donors (Lipinski definition) is 0. The van der Waals surface area contributed by atoms with Crippen molar-refractivity contribution in [3.05, 3.63) is 199 Å². The molecule has 60 heavy (non-hydrogen) atoms. The fourth-order valence-electron chi connectivity index (χ4n) is 10.4. The molecule has 0 amide bonds. The molecule has 0 unspecified atom stereocenters. The van der Waals surface area contributed by atoms with Crippen LogP contribution >= 0.6 is 0 Å². The van der Waals surface area contributed by atoms with Gasteiger partial charge in [0.2, 0.25) is 0 Å². The summed E-state index contributed by atoms with van der Waals surface area (Å²) >= 11 is 0. The van der Waals surface area contributed by atoms with Gasteiger partial charge in [-0.1, -0.05) is 182 Å². The maximum atomic E-state index is 6.57. The molecule has 1 aliphatic rings. The largest absolute Gasteiger partial charge is 0.455 e. The Morgan fingerprint density at radius 3 is 1.23 bits per heavy atom. The van der Waals surface area contributed by atoms with Crippen molar-refractivity contribution in [1.82, 2.24) is 0 Å². The van der Waals surface area contributed by atoms with Gasteiger partial charge in [-0.25, -0.2) is 0 Å². The van der Waals surface area contributed by atoms with Crippen LogP contribution in [0.15, 0.2) is 197 Å². The first-order valence-electron chi connectivity index (χ1n) is 20.9. The van der Waals surface area contributed by atoms with Crippen LogP contribution in [0.2, 0.25) is 0 Å². The Hall–Kier alpha value is -7.68. The minimum Gasteiger partial charge on any atom is -0.455 e. The van der Waals surface area contributed by atoms with E-state index in [1.54, 1.807) is 0 Å². The molecule has 12 aromatic rings. The first-order chi connectivity index (χ1) is 29.8. The van der Waals surface area contributed by atoms with E-state index in [0.29, 0.717) is 0 Å². The fourth-order valence-corrected chi connectivity index (χ4v) is 10.4. The molecule has 1 aliphatic carbocycles. The molecule has 2 nitrogen and oxygen atoms in total. The maximum absolute atomic E-state index is 6.57. The second-order valence-corrected chi connectivity index (χ2v) is 16.1. The number of furan rings is 2. The third-order valence-corrected chi connectivity index (χ3v) is 13.0. The molecule has 0 bridgehead atoms. The topological polar surface area (TPSA) is 26.3 Å². The quantitative estimate of drug-likeness (QED) is 0.178. The van der Waals surface area contributed by atoms with Crippen LogP contribution in [0.5, 0.6) is 0 Å². The van der Waals surface area contributed by atoms with Crippen LogP contribution in [0.4, 0.5) is 0 Å². The van der Waals surface area contributed by atoms with E-state index in [4.69, 9.17) is 8.83 Å². The second kappa shape index (κ2) is 12.9. The lowest BCUT2D eigenvalue weighted by molar-refractivity contribution is 0.669. The van der Waals surface area contributed by atoms with Gasteiger partial charge in [-0.15, -0.1) is 0 Å². The van der Waals surface area contributed by atoms with E-state index in [1.807, 2.05) is 12.1 Å². The Labute approximate surface area is 346 Å². The zero-order chi connectivity index (χ0) is 39.3. The number of allylic oxidation sites excluding steroid dienone is 1. The van der Waals surface area contributed by atoms with Gasteiger partial charge in [0, 0.05) is 32.7 Å². The monoisotopic (exact) mass is 764 g/mol. The average Bonchev–Trinajstić information content (AvgIpc) is 3.89. The van der Waals surface area contributed by atoms with Crippen LogP contribution in [-0.4, -0.2) is 0 Å². The Balaban J connectivity index is 1.05. The highest BCUT2D eigenvalue weighted by Crippen LogP contribution is 2.50. The molecule has 10 aromatic carbocycles. The van der Waals surface area contributed by atoms with Gasteiger partial charge in [0.1, 0.15) is 22.3 Å². The molecule has 2 heteroatoms. The summed E-state index contributed by atoms with van der Waals surface area (Å²) in [7, 11) is 0. The summed E-state index contributed by atoms with van der Waals surface area (Å²) in [5, 5.41) is 12.0. The smallest absolute Gasteiger partial charge is 0.143 e. The SMILES string of the molecule is C1=Cc2c(c(-c3ccc(-c4cccc5c4oc4ccccc45)c4ccccc34)c3ccccc3c2-c2ccc(-c3cccc4c3oc3ccccc34)c3ccccc23)CC1. The lowest BCUT2D eigenvalue weighted by Crippen LogP contribution is -2.03. The van der Waals surface area contributed by atoms with Crippen LogP contribution in [0, 0.1) is 0 Å². The lowest BCUT2D eigenvalue weighted by atomic mass is 9.78. The summed E-state index contributed by atoms with van der Waals surface area (Å²) in [5.74, 6) is 0. The molecule has 0 N–H and O–H groups in total. The molecule has 0 radical (unpaired) electrons. The van der Waals surface area contributed by atoms with Gasteiger partial charge in [-0.2, -0.15) is 0 Å². The number of hydrogen-bond acceptors (Lipinski definition) is 2. The molecule has 13 rings (SSSR count). The molecule has 2 aromatic heterocycles. The van der Waals surface area contributed by atoms with Crippen molar-refractivity contribution in [2.45, 2.75) is 12.8 Å². The summed E-state index contributed by atoms with van der Waals surface area (Å²) in [6, 6.07) is 66.0. The summed E-state index contributed by atoms with van der Waals surface area (Å²) < 4.78 is 13.1. The van der Waals surface area contributed by atoms with E-state index in [0.717, 1.165) is 67.8 Å². The zero-order valence-electron chi connectivity index (χ0n) is 32.7. The van der Waals surface area contributed by atoms with Gasteiger partial charge in [-0.05, 0) is 102 Å². The highest BCUT2D eigenvalue weighted by Gasteiger charge is 2.25. The van der Waals surface area contributed by atoms with Crippen molar-refractivity contribution < 1.29 is 8.83 Å². The summed E-state index contributed by atoms with van der Waals surface area (Å²) in [6.07, 6.45) is 6.72. The third kappa shape index (κ3) is 4.76. The van der Waals surface area contributed by atoms with Crippen LogP contribution in [0.3, 0.4) is 0 Å². The number of para-hydroxylation sites is 4. The van der Waals surface area contributed by atoms with Crippen molar-refractivity contribution in [2.24, 2.45) is 0 Å². The van der Waals surface area contributed by atoms with E-state index in [9.17, 15) is 0 Å². The van der Waals surface area contributed by atoms with Crippen molar-refractivity contribution >= 4 is 82.3 Å². The Morgan fingerprint density at radius 1 is 0.300 bits per heavy atom. The minimum atomic E-state index is 0.914. The molecule has 2 heterocycles. The first-order valence-corrected chi connectivity index (χ1v) is 20.9.